The van der Waals surface area contributed by atoms with Crippen molar-refractivity contribution >= 4 is 21.6 Å². The van der Waals surface area contributed by atoms with Crippen molar-refractivity contribution < 1.29 is 4.74 Å². The van der Waals surface area contributed by atoms with Gasteiger partial charge in [0.25, 0.3) is 0 Å². The molecule has 0 unspecified atom stereocenters. The first-order valence-corrected chi connectivity index (χ1v) is 4.67. The summed E-state index contributed by atoms with van der Waals surface area (Å²) >= 11 is 3.42. The zero-order chi connectivity index (χ0) is 8.97. The minimum absolute atomic E-state index is 0.692. The van der Waals surface area contributed by atoms with Crippen LogP contribution in [-0.2, 0) is 0 Å². The second kappa shape index (κ2) is 4.36. The molecule has 1 rings (SSSR count). The Labute approximate surface area is 81.1 Å². The van der Waals surface area contributed by atoms with Gasteiger partial charge in [0, 0.05) is 12.7 Å². The Morgan fingerprint density at radius 3 is 2.75 bits per heavy atom. The van der Waals surface area contributed by atoms with Crippen molar-refractivity contribution in [2.24, 2.45) is 0 Å². The molecule has 0 atom stereocenters. The number of hydrogen-bond acceptors (Lipinski definition) is 2. The second-order valence-electron chi connectivity index (χ2n) is 2.33. The van der Waals surface area contributed by atoms with Crippen molar-refractivity contribution in [3.8, 4) is 5.75 Å². The molecule has 0 saturated heterocycles. The number of halogens is 1. The van der Waals surface area contributed by atoms with Gasteiger partial charge in [0.1, 0.15) is 5.75 Å². The molecule has 0 heterocycles. The summed E-state index contributed by atoms with van der Waals surface area (Å²) < 4.78 is 6.34. The lowest BCUT2D eigenvalue weighted by molar-refractivity contribution is 0.338. The van der Waals surface area contributed by atoms with Crippen LogP contribution in [0.4, 0.5) is 5.69 Å². The Morgan fingerprint density at radius 1 is 1.50 bits per heavy atom. The number of benzene rings is 1. The molecule has 3 heteroatoms. The van der Waals surface area contributed by atoms with E-state index in [-0.39, 0.29) is 0 Å². The molecule has 12 heavy (non-hydrogen) atoms. The molecular formula is C9H12BrNO. The van der Waals surface area contributed by atoms with Crippen LogP contribution in [0.25, 0.3) is 0 Å². The summed E-state index contributed by atoms with van der Waals surface area (Å²) in [5.74, 6) is 0.886. The Balaban J connectivity index is 2.87. The van der Waals surface area contributed by atoms with Gasteiger partial charge in [0.15, 0.2) is 0 Å². The van der Waals surface area contributed by atoms with Gasteiger partial charge in [-0.1, -0.05) is 0 Å². The highest BCUT2D eigenvalue weighted by molar-refractivity contribution is 9.10. The Morgan fingerprint density at radius 2 is 2.25 bits per heavy atom. The van der Waals surface area contributed by atoms with Crippen LogP contribution >= 0.6 is 15.9 Å². The normalized spacial score (nSPS) is 9.58. The van der Waals surface area contributed by atoms with Crippen LogP contribution in [0, 0.1) is 0 Å². The summed E-state index contributed by atoms with van der Waals surface area (Å²) in [6.45, 7) is 2.66. The molecule has 66 valence electrons. The van der Waals surface area contributed by atoms with Crippen LogP contribution in [-0.4, -0.2) is 13.7 Å². The predicted octanol–water partition coefficient (Wildman–Crippen LogP) is 2.89. The summed E-state index contributed by atoms with van der Waals surface area (Å²) in [5, 5.41) is 3.05. The van der Waals surface area contributed by atoms with Crippen LogP contribution in [0.3, 0.4) is 0 Å². The molecule has 0 spiro atoms. The average Bonchev–Trinajstić information content (AvgIpc) is 2.09. The fourth-order valence-corrected chi connectivity index (χ4v) is 1.42. The fraction of sp³-hybridized carbons (Fsp3) is 0.333. The minimum Gasteiger partial charge on any atom is -0.493 e. The van der Waals surface area contributed by atoms with Crippen LogP contribution in [0.1, 0.15) is 6.92 Å². The summed E-state index contributed by atoms with van der Waals surface area (Å²) in [7, 11) is 1.89. The van der Waals surface area contributed by atoms with E-state index in [0.717, 1.165) is 15.9 Å². The zero-order valence-electron chi connectivity index (χ0n) is 7.23. The first-order valence-electron chi connectivity index (χ1n) is 3.88. The third-order valence-electron chi connectivity index (χ3n) is 1.52. The third-order valence-corrected chi connectivity index (χ3v) is 2.14. The van der Waals surface area contributed by atoms with Gasteiger partial charge < -0.3 is 10.1 Å². The molecule has 0 aliphatic heterocycles. The largest absolute Gasteiger partial charge is 0.493 e. The van der Waals surface area contributed by atoms with Crippen LogP contribution in [0.2, 0.25) is 0 Å². The van der Waals surface area contributed by atoms with E-state index >= 15 is 0 Å². The monoisotopic (exact) mass is 229 g/mol. The molecule has 0 aromatic heterocycles. The number of rotatable bonds is 3. The van der Waals surface area contributed by atoms with Gasteiger partial charge in [-0.05, 0) is 41.1 Å². The molecule has 0 radical (unpaired) electrons. The van der Waals surface area contributed by atoms with Gasteiger partial charge in [-0.3, -0.25) is 0 Å². The highest BCUT2D eigenvalue weighted by Gasteiger charge is 1.99. The molecule has 0 amide bonds. The molecule has 1 N–H and O–H groups in total. The molecule has 0 saturated carbocycles. The van der Waals surface area contributed by atoms with Crippen molar-refractivity contribution in [2.45, 2.75) is 6.92 Å². The summed E-state index contributed by atoms with van der Waals surface area (Å²) in [5.41, 5.74) is 1.07. The van der Waals surface area contributed by atoms with Gasteiger partial charge in [-0.2, -0.15) is 0 Å². The molecule has 0 aliphatic rings. The van der Waals surface area contributed by atoms with Crippen LogP contribution in [0.5, 0.6) is 5.75 Å². The lowest BCUT2D eigenvalue weighted by atomic mass is 10.3. The molecule has 0 bridgehead atoms. The fourth-order valence-electron chi connectivity index (χ4n) is 0.929. The first-order chi connectivity index (χ1) is 5.77. The summed E-state index contributed by atoms with van der Waals surface area (Å²) in [6, 6.07) is 5.92. The quantitative estimate of drug-likeness (QED) is 0.861. The third kappa shape index (κ3) is 2.14. The number of anilines is 1. The highest BCUT2D eigenvalue weighted by Crippen LogP contribution is 2.27. The number of hydrogen-bond donors (Lipinski definition) is 1. The standard InChI is InChI=1S/C9H12BrNO/c1-3-12-9-5-4-7(11-2)6-8(9)10/h4-6,11H,3H2,1-2H3. The second-order valence-corrected chi connectivity index (χ2v) is 3.18. The summed E-state index contributed by atoms with van der Waals surface area (Å²) in [6.07, 6.45) is 0. The Bertz CT molecular complexity index is 263. The zero-order valence-corrected chi connectivity index (χ0v) is 8.81. The van der Waals surface area contributed by atoms with Crippen molar-refractivity contribution in [1.82, 2.24) is 0 Å². The number of ether oxygens (including phenoxy) is 1. The lowest BCUT2D eigenvalue weighted by Gasteiger charge is -2.07. The van der Waals surface area contributed by atoms with Crippen molar-refractivity contribution in [3.63, 3.8) is 0 Å². The molecule has 0 aliphatic carbocycles. The van der Waals surface area contributed by atoms with Gasteiger partial charge in [0.05, 0.1) is 11.1 Å². The van der Waals surface area contributed by atoms with E-state index in [1.807, 2.05) is 32.2 Å². The van der Waals surface area contributed by atoms with Gasteiger partial charge in [-0.25, -0.2) is 0 Å². The molecule has 1 aromatic rings. The maximum absolute atomic E-state index is 5.36. The molecule has 2 nitrogen and oxygen atoms in total. The molecule has 1 aromatic carbocycles. The Kier molecular flexibility index (Phi) is 3.41. The van der Waals surface area contributed by atoms with E-state index in [2.05, 4.69) is 21.2 Å². The number of nitrogens with one attached hydrogen (secondary N) is 1. The topological polar surface area (TPSA) is 21.3 Å². The molecular weight excluding hydrogens is 218 g/mol. The van der Waals surface area contributed by atoms with Crippen LogP contribution < -0.4 is 10.1 Å². The highest BCUT2D eigenvalue weighted by atomic mass is 79.9. The lowest BCUT2D eigenvalue weighted by Crippen LogP contribution is -1.93. The first kappa shape index (κ1) is 9.39. The SMILES string of the molecule is CCOc1ccc(NC)cc1Br. The average molecular weight is 230 g/mol. The van der Waals surface area contributed by atoms with Crippen molar-refractivity contribution in [2.75, 3.05) is 19.0 Å². The minimum atomic E-state index is 0.692. The maximum Gasteiger partial charge on any atom is 0.133 e. The van der Waals surface area contributed by atoms with E-state index < -0.39 is 0 Å². The van der Waals surface area contributed by atoms with Gasteiger partial charge >= 0.3 is 0 Å². The van der Waals surface area contributed by atoms with Crippen LogP contribution in [0.15, 0.2) is 22.7 Å². The molecule has 0 fully saturated rings. The smallest absolute Gasteiger partial charge is 0.133 e. The van der Waals surface area contributed by atoms with E-state index in [0.29, 0.717) is 6.61 Å². The van der Waals surface area contributed by atoms with Crippen molar-refractivity contribution in [1.29, 1.82) is 0 Å². The van der Waals surface area contributed by atoms with E-state index in [4.69, 9.17) is 4.74 Å². The van der Waals surface area contributed by atoms with Gasteiger partial charge in [-0.15, -0.1) is 0 Å². The van der Waals surface area contributed by atoms with E-state index in [9.17, 15) is 0 Å². The Hall–Kier alpha value is -0.700. The van der Waals surface area contributed by atoms with E-state index in [1.165, 1.54) is 0 Å². The maximum atomic E-state index is 5.36. The summed E-state index contributed by atoms with van der Waals surface area (Å²) in [4.78, 5) is 0. The van der Waals surface area contributed by atoms with Crippen molar-refractivity contribution in [3.05, 3.63) is 22.7 Å². The predicted molar refractivity (Wildman–Crippen MR) is 54.9 cm³/mol. The van der Waals surface area contributed by atoms with Gasteiger partial charge in [0.2, 0.25) is 0 Å². The van der Waals surface area contributed by atoms with E-state index in [1.54, 1.807) is 0 Å².